The van der Waals surface area contributed by atoms with E-state index in [0.717, 1.165) is 4.90 Å². The van der Waals surface area contributed by atoms with E-state index in [0.29, 0.717) is 17.2 Å². The van der Waals surface area contributed by atoms with Crippen molar-refractivity contribution in [2.45, 2.75) is 31.9 Å². The number of β-amino-alcohol motifs (C(OH)–C–C–N with tert-alkyl or cyclic N) is 1. The number of aliphatic hydroxyl groups is 1. The van der Waals surface area contributed by atoms with Crippen LogP contribution < -0.4 is 10.1 Å². The monoisotopic (exact) mass is 326 g/mol. The maximum absolute atomic E-state index is 12.2. The van der Waals surface area contributed by atoms with E-state index in [9.17, 15) is 14.7 Å². The van der Waals surface area contributed by atoms with Crippen LogP contribution in [0, 0.1) is 0 Å². The van der Waals surface area contributed by atoms with Crippen molar-refractivity contribution in [2.75, 3.05) is 13.2 Å². The van der Waals surface area contributed by atoms with Gasteiger partial charge >= 0.3 is 6.03 Å². The first-order chi connectivity index (χ1) is 10.4. The third-order valence-electron chi connectivity index (χ3n) is 3.70. The molecule has 1 aromatic carbocycles. The van der Waals surface area contributed by atoms with Gasteiger partial charge in [-0.05, 0) is 37.6 Å². The molecule has 0 radical (unpaired) electrons. The molecule has 1 aliphatic rings. The molecule has 1 aromatic rings. The van der Waals surface area contributed by atoms with Crippen LogP contribution in [0.25, 0.3) is 0 Å². The smallest absolute Gasteiger partial charge is 0.325 e. The topological polar surface area (TPSA) is 78.9 Å². The Bertz CT molecular complexity index is 563. The second-order valence-electron chi connectivity index (χ2n) is 5.45. The summed E-state index contributed by atoms with van der Waals surface area (Å²) in [6.45, 7) is 3.36. The molecule has 1 heterocycles. The molecule has 2 atom stereocenters. The number of carbonyl (C=O) groups excluding carboxylic acids is 2. The van der Waals surface area contributed by atoms with E-state index in [-0.39, 0.29) is 19.1 Å². The number of carbonyl (C=O) groups is 2. The molecule has 22 heavy (non-hydrogen) atoms. The summed E-state index contributed by atoms with van der Waals surface area (Å²) in [6, 6.07) is 6.22. The molecule has 1 saturated heterocycles. The molecular formula is C15H19ClN2O4. The van der Waals surface area contributed by atoms with E-state index in [1.54, 1.807) is 31.2 Å². The largest absolute Gasteiger partial charge is 0.491 e. The third-order valence-corrected chi connectivity index (χ3v) is 3.95. The first-order valence-electron chi connectivity index (χ1n) is 7.06. The zero-order valence-corrected chi connectivity index (χ0v) is 13.3. The lowest BCUT2D eigenvalue weighted by Crippen LogP contribution is -2.44. The van der Waals surface area contributed by atoms with Crippen LogP contribution in [-0.2, 0) is 4.79 Å². The molecular weight excluding hydrogens is 308 g/mol. The summed E-state index contributed by atoms with van der Waals surface area (Å²) in [6.07, 6.45) is -0.476. The minimum Gasteiger partial charge on any atom is -0.491 e. The zero-order valence-electron chi connectivity index (χ0n) is 12.5. The standard InChI is InChI=1S/C15H19ClN2O4/c1-3-15(2)13(20)18(14(21)17-15)8-11(19)9-22-12-6-4-10(16)5-7-12/h4-7,11,19H,3,8-9H2,1-2H3,(H,17,21)/t11-,15-/m0/s1. The molecule has 1 aliphatic heterocycles. The van der Waals surface area contributed by atoms with Crippen LogP contribution >= 0.6 is 11.6 Å². The average molecular weight is 327 g/mol. The van der Waals surface area contributed by atoms with Crippen molar-refractivity contribution in [1.29, 1.82) is 0 Å². The van der Waals surface area contributed by atoms with Gasteiger partial charge in [0.25, 0.3) is 5.91 Å². The number of nitrogens with zero attached hydrogens (tertiary/aromatic N) is 1. The normalized spacial score (nSPS) is 22.6. The van der Waals surface area contributed by atoms with Gasteiger partial charge in [0.1, 0.15) is 24.0 Å². The summed E-state index contributed by atoms with van der Waals surface area (Å²) in [7, 11) is 0. The molecule has 0 aliphatic carbocycles. The van der Waals surface area contributed by atoms with Gasteiger partial charge < -0.3 is 15.2 Å². The van der Waals surface area contributed by atoms with Gasteiger partial charge in [0.05, 0.1) is 6.54 Å². The Morgan fingerprint density at radius 1 is 1.36 bits per heavy atom. The number of urea groups is 1. The molecule has 6 nitrogen and oxygen atoms in total. The van der Waals surface area contributed by atoms with Gasteiger partial charge in [0, 0.05) is 5.02 Å². The van der Waals surface area contributed by atoms with Gasteiger partial charge in [-0.1, -0.05) is 18.5 Å². The summed E-state index contributed by atoms with van der Waals surface area (Å²) in [5.41, 5.74) is -0.895. The minimum absolute atomic E-state index is 0.0263. The van der Waals surface area contributed by atoms with E-state index >= 15 is 0 Å². The number of hydrogen-bond donors (Lipinski definition) is 2. The number of amides is 3. The molecule has 0 unspecified atom stereocenters. The Morgan fingerprint density at radius 2 is 2.00 bits per heavy atom. The highest BCUT2D eigenvalue weighted by atomic mass is 35.5. The van der Waals surface area contributed by atoms with Gasteiger partial charge in [-0.25, -0.2) is 4.79 Å². The van der Waals surface area contributed by atoms with Crippen molar-refractivity contribution in [1.82, 2.24) is 10.2 Å². The maximum Gasteiger partial charge on any atom is 0.325 e. The number of rotatable bonds is 6. The number of aliphatic hydroxyl groups excluding tert-OH is 1. The lowest BCUT2D eigenvalue weighted by Gasteiger charge is -2.21. The van der Waals surface area contributed by atoms with E-state index in [1.165, 1.54) is 0 Å². The highest BCUT2D eigenvalue weighted by Crippen LogP contribution is 2.21. The van der Waals surface area contributed by atoms with E-state index in [4.69, 9.17) is 16.3 Å². The van der Waals surface area contributed by atoms with Crippen LogP contribution in [0.1, 0.15) is 20.3 Å². The minimum atomic E-state index is -0.968. The number of nitrogens with one attached hydrogen (secondary N) is 1. The van der Waals surface area contributed by atoms with Crippen LogP contribution in [0.15, 0.2) is 24.3 Å². The van der Waals surface area contributed by atoms with E-state index in [1.807, 2.05) is 6.92 Å². The van der Waals surface area contributed by atoms with E-state index in [2.05, 4.69) is 5.32 Å². The third kappa shape index (κ3) is 3.51. The predicted octanol–water partition coefficient (Wildman–Crippen LogP) is 1.80. The second-order valence-corrected chi connectivity index (χ2v) is 5.89. The highest BCUT2D eigenvalue weighted by molar-refractivity contribution is 6.30. The Hall–Kier alpha value is -1.79. The zero-order chi connectivity index (χ0) is 16.3. The highest BCUT2D eigenvalue weighted by Gasteiger charge is 2.46. The molecule has 0 bridgehead atoms. The quantitative estimate of drug-likeness (QED) is 0.781. The fraction of sp³-hybridized carbons (Fsp3) is 0.467. The lowest BCUT2D eigenvalue weighted by molar-refractivity contribution is -0.132. The Balaban J connectivity index is 1.89. The molecule has 3 amide bonds. The Morgan fingerprint density at radius 3 is 2.55 bits per heavy atom. The molecule has 2 N–H and O–H groups in total. The first-order valence-corrected chi connectivity index (χ1v) is 7.44. The summed E-state index contributed by atoms with van der Waals surface area (Å²) in [4.78, 5) is 25.1. The average Bonchev–Trinajstić information content (AvgIpc) is 2.71. The molecule has 7 heteroatoms. The van der Waals surface area contributed by atoms with Crippen LogP contribution in [0.3, 0.4) is 0 Å². The van der Waals surface area contributed by atoms with Crippen LogP contribution in [-0.4, -0.2) is 46.7 Å². The first kappa shape index (κ1) is 16.6. The van der Waals surface area contributed by atoms with Crippen LogP contribution in [0.4, 0.5) is 4.79 Å². The Labute approximate surface area is 134 Å². The Kier molecular flexibility index (Phi) is 4.93. The summed E-state index contributed by atoms with van der Waals surface area (Å²) in [5, 5.41) is 13.2. The van der Waals surface area contributed by atoms with Crippen molar-refractivity contribution in [3.8, 4) is 5.75 Å². The van der Waals surface area contributed by atoms with Crippen molar-refractivity contribution in [3.05, 3.63) is 29.3 Å². The number of imide groups is 1. The fourth-order valence-electron chi connectivity index (χ4n) is 2.14. The summed E-state index contributed by atoms with van der Waals surface area (Å²) in [5.74, 6) is 0.226. The van der Waals surface area contributed by atoms with Crippen molar-refractivity contribution < 1.29 is 19.4 Å². The predicted molar refractivity (Wildman–Crippen MR) is 81.9 cm³/mol. The van der Waals surface area contributed by atoms with Gasteiger partial charge in [0.15, 0.2) is 0 Å². The SMILES string of the molecule is CC[C@]1(C)NC(=O)N(C[C@H](O)COc2ccc(Cl)cc2)C1=O. The molecule has 1 fully saturated rings. The fourth-order valence-corrected chi connectivity index (χ4v) is 2.27. The number of halogens is 1. The maximum atomic E-state index is 12.2. The molecule has 0 aromatic heterocycles. The van der Waals surface area contributed by atoms with Crippen molar-refractivity contribution >= 4 is 23.5 Å². The molecule has 120 valence electrons. The number of ether oxygens (including phenoxy) is 1. The van der Waals surface area contributed by atoms with Gasteiger partial charge in [0.2, 0.25) is 0 Å². The van der Waals surface area contributed by atoms with Crippen molar-refractivity contribution in [2.24, 2.45) is 0 Å². The van der Waals surface area contributed by atoms with Crippen LogP contribution in [0.5, 0.6) is 5.75 Å². The van der Waals surface area contributed by atoms with Crippen molar-refractivity contribution in [3.63, 3.8) is 0 Å². The van der Waals surface area contributed by atoms with Gasteiger partial charge in [-0.15, -0.1) is 0 Å². The van der Waals surface area contributed by atoms with Gasteiger partial charge in [-0.2, -0.15) is 0 Å². The number of benzene rings is 1. The molecule has 2 rings (SSSR count). The van der Waals surface area contributed by atoms with Gasteiger partial charge in [-0.3, -0.25) is 9.69 Å². The van der Waals surface area contributed by atoms with E-state index < -0.39 is 17.7 Å². The molecule has 0 saturated carbocycles. The second kappa shape index (κ2) is 6.54. The number of hydrogen-bond acceptors (Lipinski definition) is 4. The summed E-state index contributed by atoms with van der Waals surface area (Å²) < 4.78 is 5.40. The lowest BCUT2D eigenvalue weighted by atomic mass is 9.99. The van der Waals surface area contributed by atoms with Crippen LogP contribution in [0.2, 0.25) is 5.02 Å². The molecule has 0 spiro atoms. The summed E-state index contributed by atoms with van der Waals surface area (Å²) >= 11 is 5.77.